The van der Waals surface area contributed by atoms with Gasteiger partial charge in [-0.15, -0.1) is 0 Å². The molecule has 1 amide bonds. The lowest BCUT2D eigenvalue weighted by molar-refractivity contribution is -0.0667. The van der Waals surface area contributed by atoms with Gasteiger partial charge in [0.05, 0.1) is 30.4 Å². The van der Waals surface area contributed by atoms with Crippen LogP contribution in [0.15, 0.2) is 12.1 Å². The van der Waals surface area contributed by atoms with Gasteiger partial charge in [-0.3, -0.25) is 4.79 Å². The third-order valence-electron chi connectivity index (χ3n) is 3.64. The number of benzene rings is 1. The van der Waals surface area contributed by atoms with E-state index in [-0.39, 0.29) is 31.5 Å². The third kappa shape index (κ3) is 2.66. The molecule has 1 N–H and O–H groups in total. The van der Waals surface area contributed by atoms with Crippen molar-refractivity contribution in [2.24, 2.45) is 0 Å². The van der Waals surface area contributed by atoms with E-state index in [2.05, 4.69) is 0 Å². The van der Waals surface area contributed by atoms with Crippen molar-refractivity contribution in [1.82, 2.24) is 4.90 Å². The maximum atomic E-state index is 12.7. The van der Waals surface area contributed by atoms with Crippen molar-refractivity contribution in [1.29, 1.82) is 0 Å². The minimum absolute atomic E-state index is 0.0653. The van der Waals surface area contributed by atoms with Gasteiger partial charge in [0.1, 0.15) is 0 Å². The standard InChI is InChI=1S/C14H16ClNO5/c1-8-6-19-10(5-17)4-16(8)14(18)9-2-11(15)13-12(3-9)20-7-21-13/h2-3,8,10,17H,4-7H2,1H3. The van der Waals surface area contributed by atoms with Crippen LogP contribution < -0.4 is 9.47 Å². The average molecular weight is 314 g/mol. The zero-order chi connectivity index (χ0) is 15.0. The molecule has 6 nitrogen and oxygen atoms in total. The Morgan fingerprint density at radius 2 is 2.29 bits per heavy atom. The second-order valence-electron chi connectivity index (χ2n) is 5.14. The zero-order valence-corrected chi connectivity index (χ0v) is 12.3. The Morgan fingerprint density at radius 1 is 1.48 bits per heavy atom. The van der Waals surface area contributed by atoms with Gasteiger partial charge in [0.15, 0.2) is 11.5 Å². The molecule has 0 spiro atoms. The van der Waals surface area contributed by atoms with Crippen LogP contribution in [-0.2, 0) is 4.74 Å². The number of morpholine rings is 1. The molecular weight excluding hydrogens is 298 g/mol. The first-order chi connectivity index (χ1) is 10.1. The van der Waals surface area contributed by atoms with Crippen molar-refractivity contribution >= 4 is 17.5 Å². The van der Waals surface area contributed by atoms with Crippen molar-refractivity contribution in [3.8, 4) is 11.5 Å². The van der Waals surface area contributed by atoms with Crippen LogP contribution in [0.3, 0.4) is 0 Å². The minimum atomic E-state index is -0.352. The summed E-state index contributed by atoms with van der Waals surface area (Å²) in [7, 11) is 0. The number of hydrogen-bond acceptors (Lipinski definition) is 5. The number of carbonyl (C=O) groups is 1. The predicted molar refractivity (Wildman–Crippen MR) is 74.9 cm³/mol. The van der Waals surface area contributed by atoms with Gasteiger partial charge in [-0.2, -0.15) is 0 Å². The van der Waals surface area contributed by atoms with Crippen LogP contribution in [-0.4, -0.2) is 54.6 Å². The molecule has 2 heterocycles. The second kappa shape index (κ2) is 5.71. The summed E-state index contributed by atoms with van der Waals surface area (Å²) >= 11 is 6.11. The average Bonchev–Trinajstić information content (AvgIpc) is 2.96. The lowest BCUT2D eigenvalue weighted by Crippen LogP contribution is -2.52. The quantitative estimate of drug-likeness (QED) is 0.891. The molecule has 0 aromatic heterocycles. The van der Waals surface area contributed by atoms with E-state index in [4.69, 9.17) is 25.8 Å². The van der Waals surface area contributed by atoms with Crippen molar-refractivity contribution in [2.45, 2.75) is 19.1 Å². The molecule has 2 atom stereocenters. The molecule has 7 heteroatoms. The summed E-state index contributed by atoms with van der Waals surface area (Å²) in [4.78, 5) is 14.3. The van der Waals surface area contributed by atoms with Gasteiger partial charge >= 0.3 is 0 Å². The number of ether oxygens (including phenoxy) is 3. The lowest BCUT2D eigenvalue weighted by Gasteiger charge is -2.37. The first-order valence-corrected chi connectivity index (χ1v) is 7.10. The Balaban J connectivity index is 1.86. The van der Waals surface area contributed by atoms with E-state index in [0.29, 0.717) is 35.2 Å². The lowest BCUT2D eigenvalue weighted by atomic mass is 10.1. The summed E-state index contributed by atoms with van der Waals surface area (Å²) in [5, 5.41) is 9.55. The van der Waals surface area contributed by atoms with Crippen LogP contribution in [0.4, 0.5) is 0 Å². The van der Waals surface area contributed by atoms with Crippen LogP contribution in [0.2, 0.25) is 5.02 Å². The van der Waals surface area contributed by atoms with E-state index in [0.717, 1.165) is 0 Å². The molecule has 21 heavy (non-hydrogen) atoms. The third-order valence-corrected chi connectivity index (χ3v) is 3.92. The highest BCUT2D eigenvalue weighted by atomic mass is 35.5. The van der Waals surface area contributed by atoms with Gasteiger partial charge in [-0.05, 0) is 19.1 Å². The monoisotopic (exact) mass is 313 g/mol. The normalized spacial score (nSPS) is 24.2. The van der Waals surface area contributed by atoms with Crippen LogP contribution >= 0.6 is 11.6 Å². The molecule has 114 valence electrons. The number of aliphatic hydroxyl groups is 1. The van der Waals surface area contributed by atoms with Crippen molar-refractivity contribution in [2.75, 3.05) is 26.6 Å². The van der Waals surface area contributed by atoms with E-state index in [1.54, 1.807) is 17.0 Å². The Hall–Kier alpha value is -1.50. The fraction of sp³-hybridized carbons (Fsp3) is 0.500. The Kier molecular flexibility index (Phi) is 3.93. The molecule has 0 bridgehead atoms. The van der Waals surface area contributed by atoms with Gasteiger partial charge in [0.25, 0.3) is 5.91 Å². The minimum Gasteiger partial charge on any atom is -0.454 e. The molecule has 1 aromatic carbocycles. The molecule has 0 aliphatic carbocycles. The van der Waals surface area contributed by atoms with E-state index in [1.165, 1.54) is 0 Å². The summed E-state index contributed by atoms with van der Waals surface area (Å²) < 4.78 is 16.0. The van der Waals surface area contributed by atoms with E-state index in [9.17, 15) is 9.90 Å². The summed E-state index contributed by atoms with van der Waals surface area (Å²) in [6, 6.07) is 3.14. The molecule has 1 fully saturated rings. The Morgan fingerprint density at radius 3 is 3.05 bits per heavy atom. The number of carbonyl (C=O) groups excluding carboxylic acids is 1. The van der Waals surface area contributed by atoms with Gasteiger partial charge in [0.2, 0.25) is 6.79 Å². The van der Waals surface area contributed by atoms with Gasteiger partial charge in [-0.1, -0.05) is 11.6 Å². The molecule has 2 unspecified atom stereocenters. The first kappa shape index (κ1) is 14.4. The van der Waals surface area contributed by atoms with Crippen LogP contribution in [0.25, 0.3) is 0 Å². The van der Waals surface area contributed by atoms with Crippen molar-refractivity contribution in [3.63, 3.8) is 0 Å². The van der Waals surface area contributed by atoms with Crippen molar-refractivity contribution < 1.29 is 24.1 Å². The first-order valence-electron chi connectivity index (χ1n) is 6.72. The Bertz CT molecular complexity index is 565. The number of aliphatic hydroxyl groups excluding tert-OH is 1. The molecular formula is C14H16ClNO5. The topological polar surface area (TPSA) is 68.2 Å². The zero-order valence-electron chi connectivity index (χ0n) is 11.5. The highest BCUT2D eigenvalue weighted by Crippen LogP contribution is 2.40. The molecule has 0 saturated carbocycles. The largest absolute Gasteiger partial charge is 0.454 e. The fourth-order valence-corrected chi connectivity index (χ4v) is 2.73. The maximum absolute atomic E-state index is 12.7. The van der Waals surface area contributed by atoms with Gasteiger partial charge < -0.3 is 24.2 Å². The second-order valence-corrected chi connectivity index (χ2v) is 5.54. The number of fused-ring (bicyclic) bond motifs is 1. The smallest absolute Gasteiger partial charge is 0.254 e. The summed E-state index contributed by atoms with van der Waals surface area (Å²) in [5.74, 6) is 0.784. The number of nitrogens with zero attached hydrogens (tertiary/aromatic N) is 1. The molecule has 2 aliphatic rings. The fourth-order valence-electron chi connectivity index (χ4n) is 2.47. The van der Waals surface area contributed by atoms with E-state index in [1.807, 2.05) is 6.92 Å². The summed E-state index contributed by atoms with van der Waals surface area (Å²) in [6.07, 6.45) is -0.352. The number of hydrogen-bond donors (Lipinski definition) is 1. The molecule has 1 aromatic rings. The number of halogens is 1. The number of rotatable bonds is 2. The highest BCUT2D eigenvalue weighted by Gasteiger charge is 2.31. The van der Waals surface area contributed by atoms with E-state index >= 15 is 0 Å². The molecule has 3 rings (SSSR count). The molecule has 0 radical (unpaired) electrons. The summed E-state index contributed by atoms with van der Waals surface area (Å²) in [6.45, 7) is 2.64. The summed E-state index contributed by atoms with van der Waals surface area (Å²) in [5.41, 5.74) is 0.440. The highest BCUT2D eigenvalue weighted by molar-refractivity contribution is 6.32. The van der Waals surface area contributed by atoms with Crippen LogP contribution in [0, 0.1) is 0 Å². The SMILES string of the molecule is CC1COC(CO)CN1C(=O)c1cc(Cl)c2c(c1)OCO2. The van der Waals surface area contributed by atoms with Gasteiger partial charge in [-0.25, -0.2) is 0 Å². The Labute approximate surface area is 127 Å². The van der Waals surface area contributed by atoms with Crippen LogP contribution in [0.1, 0.15) is 17.3 Å². The van der Waals surface area contributed by atoms with E-state index < -0.39 is 0 Å². The van der Waals surface area contributed by atoms with Gasteiger partial charge in [0, 0.05) is 12.1 Å². The number of amides is 1. The maximum Gasteiger partial charge on any atom is 0.254 e. The van der Waals surface area contributed by atoms with Crippen LogP contribution in [0.5, 0.6) is 11.5 Å². The van der Waals surface area contributed by atoms with Crippen molar-refractivity contribution in [3.05, 3.63) is 22.7 Å². The predicted octanol–water partition coefficient (Wildman–Crippen LogP) is 1.29. The molecule has 1 saturated heterocycles. The molecule has 2 aliphatic heterocycles.